The minimum absolute atomic E-state index is 0.0180. The number of benzene rings is 1. The molecular weight excluding hydrogens is 462 g/mol. The van der Waals surface area contributed by atoms with Crippen LogP contribution in [-0.4, -0.2) is 48.0 Å². The second-order valence-electron chi connectivity index (χ2n) is 6.34. The number of thioether (sulfide) groups is 1. The van der Waals surface area contributed by atoms with E-state index in [4.69, 9.17) is 9.47 Å². The van der Waals surface area contributed by atoms with Gasteiger partial charge in [-0.25, -0.2) is 9.59 Å². The van der Waals surface area contributed by atoms with Gasteiger partial charge >= 0.3 is 11.9 Å². The van der Waals surface area contributed by atoms with Crippen LogP contribution in [0.25, 0.3) is 0 Å². The zero-order chi connectivity index (χ0) is 21.5. The zero-order valence-electron chi connectivity index (χ0n) is 16.1. The Bertz CT molecular complexity index is 1030. The van der Waals surface area contributed by atoms with E-state index < -0.39 is 23.8 Å². The molecule has 1 aromatic rings. The number of ether oxygens (including phenoxy) is 2. The highest BCUT2D eigenvalue weighted by Gasteiger charge is 2.45. The predicted octanol–water partition coefficient (Wildman–Crippen LogP) is 3.50. The molecule has 0 spiro atoms. The van der Waals surface area contributed by atoms with E-state index in [2.05, 4.69) is 15.9 Å². The van der Waals surface area contributed by atoms with Gasteiger partial charge in [0.05, 0.1) is 36.0 Å². The minimum atomic E-state index is -1.07. The summed E-state index contributed by atoms with van der Waals surface area (Å²) in [7, 11) is 2.43. The molecule has 0 fully saturated rings. The maximum atomic E-state index is 13.3. The standard InChI is InChI=1S/C20H18BrNO6S/c1-9-10(2)29-18-14(17(24)12-7-11(21)5-6-15(12)23)8-13(19(25)27-3)16(22(9)18)20(26)28-4/h5-8,16,23H,1-4H3. The van der Waals surface area contributed by atoms with E-state index in [9.17, 15) is 19.5 Å². The Kier molecular flexibility index (Phi) is 5.90. The molecule has 0 saturated carbocycles. The quantitative estimate of drug-likeness (QED) is 0.517. The maximum absolute atomic E-state index is 13.3. The number of Topliss-reactive ketones (excluding diaryl/α,β-unsaturated/α-hetero) is 1. The molecule has 1 unspecified atom stereocenters. The van der Waals surface area contributed by atoms with Gasteiger partial charge in [-0.2, -0.15) is 0 Å². The van der Waals surface area contributed by atoms with Crippen molar-refractivity contribution in [1.29, 1.82) is 0 Å². The Morgan fingerprint density at radius 2 is 1.86 bits per heavy atom. The highest BCUT2D eigenvalue weighted by Crippen LogP contribution is 2.48. The van der Waals surface area contributed by atoms with E-state index in [0.29, 0.717) is 9.50 Å². The van der Waals surface area contributed by atoms with Crippen molar-refractivity contribution in [3.8, 4) is 5.75 Å². The van der Waals surface area contributed by atoms with Gasteiger partial charge in [0.1, 0.15) is 5.75 Å². The number of phenolic OH excluding ortho intramolecular Hbond substituents is 1. The molecule has 0 aromatic heterocycles. The van der Waals surface area contributed by atoms with Gasteiger partial charge in [-0.05, 0) is 38.1 Å². The van der Waals surface area contributed by atoms with Crippen LogP contribution in [-0.2, 0) is 19.1 Å². The third-order valence-electron chi connectivity index (χ3n) is 4.72. The van der Waals surface area contributed by atoms with Gasteiger partial charge in [0, 0.05) is 15.1 Å². The fourth-order valence-electron chi connectivity index (χ4n) is 3.15. The molecule has 9 heteroatoms. The number of rotatable bonds is 4. The van der Waals surface area contributed by atoms with E-state index in [1.54, 1.807) is 17.9 Å². The van der Waals surface area contributed by atoms with Crippen molar-refractivity contribution >= 4 is 45.4 Å². The lowest BCUT2D eigenvalue weighted by Gasteiger charge is -2.34. The lowest BCUT2D eigenvalue weighted by Crippen LogP contribution is -2.44. The lowest BCUT2D eigenvalue weighted by molar-refractivity contribution is -0.147. The van der Waals surface area contributed by atoms with E-state index in [0.717, 1.165) is 10.6 Å². The average molecular weight is 480 g/mol. The fraction of sp³-hybridized carbons (Fsp3) is 0.250. The van der Waals surface area contributed by atoms with Crippen LogP contribution < -0.4 is 0 Å². The maximum Gasteiger partial charge on any atom is 0.336 e. The third kappa shape index (κ3) is 3.60. The lowest BCUT2D eigenvalue weighted by atomic mass is 9.93. The highest BCUT2D eigenvalue weighted by molar-refractivity contribution is 9.10. The summed E-state index contributed by atoms with van der Waals surface area (Å²) in [6.45, 7) is 3.65. The number of ketones is 1. The number of fused-ring (bicyclic) bond motifs is 1. The van der Waals surface area contributed by atoms with Crippen LogP contribution in [0.5, 0.6) is 5.75 Å². The summed E-state index contributed by atoms with van der Waals surface area (Å²) in [5, 5.41) is 10.7. The molecule has 0 amide bonds. The Morgan fingerprint density at radius 1 is 1.17 bits per heavy atom. The van der Waals surface area contributed by atoms with Crippen LogP contribution in [0.3, 0.4) is 0 Å². The Morgan fingerprint density at radius 3 is 2.48 bits per heavy atom. The van der Waals surface area contributed by atoms with E-state index in [-0.39, 0.29) is 22.5 Å². The molecule has 7 nitrogen and oxygen atoms in total. The summed E-state index contributed by atoms with van der Waals surface area (Å²) in [6.07, 6.45) is 1.35. The van der Waals surface area contributed by atoms with E-state index in [1.165, 1.54) is 44.2 Å². The van der Waals surface area contributed by atoms with Gasteiger partial charge in [0.25, 0.3) is 0 Å². The largest absolute Gasteiger partial charge is 0.507 e. The molecule has 0 bridgehead atoms. The zero-order valence-corrected chi connectivity index (χ0v) is 18.5. The highest BCUT2D eigenvalue weighted by atomic mass is 79.9. The SMILES string of the molecule is COC(=O)C1=CC(C(=O)c2cc(Br)ccc2O)=C2SC(C)=C(C)N2C1C(=O)OC. The molecule has 2 heterocycles. The number of nitrogens with zero attached hydrogens (tertiary/aromatic N) is 1. The first-order valence-electron chi connectivity index (χ1n) is 8.51. The van der Waals surface area contributed by atoms with E-state index >= 15 is 0 Å². The van der Waals surface area contributed by atoms with Crippen LogP contribution in [0.2, 0.25) is 0 Å². The number of methoxy groups -OCH3 is 2. The van der Waals surface area contributed by atoms with Crippen LogP contribution in [0.1, 0.15) is 24.2 Å². The summed E-state index contributed by atoms with van der Waals surface area (Å²) < 4.78 is 10.4. The van der Waals surface area contributed by atoms with Crippen molar-refractivity contribution in [2.24, 2.45) is 0 Å². The van der Waals surface area contributed by atoms with Crippen molar-refractivity contribution in [2.45, 2.75) is 19.9 Å². The van der Waals surface area contributed by atoms with Gasteiger partial charge in [-0.1, -0.05) is 27.7 Å². The molecule has 0 saturated heterocycles. The summed E-state index contributed by atoms with van der Waals surface area (Å²) >= 11 is 4.61. The monoisotopic (exact) mass is 479 g/mol. The Hall–Kier alpha value is -2.52. The number of carbonyl (C=O) groups is 3. The molecular formula is C20H18BrNO6S. The molecule has 1 atom stereocenters. The van der Waals surface area contributed by atoms with Crippen molar-refractivity contribution in [3.63, 3.8) is 0 Å². The van der Waals surface area contributed by atoms with Crippen molar-refractivity contribution < 1.29 is 29.0 Å². The molecule has 2 aliphatic rings. The van der Waals surface area contributed by atoms with Gasteiger partial charge in [-0.3, -0.25) is 4.79 Å². The molecule has 1 aromatic carbocycles. The summed E-state index contributed by atoms with van der Waals surface area (Å²) in [5.41, 5.74) is 0.955. The smallest absolute Gasteiger partial charge is 0.336 e. The molecule has 0 radical (unpaired) electrons. The number of phenols is 1. The predicted molar refractivity (Wildman–Crippen MR) is 111 cm³/mol. The molecule has 2 aliphatic heterocycles. The van der Waals surface area contributed by atoms with Crippen LogP contribution in [0, 0.1) is 0 Å². The first-order valence-corrected chi connectivity index (χ1v) is 10.1. The molecule has 1 N–H and O–H groups in total. The summed E-state index contributed by atoms with van der Waals surface area (Å²) in [5.74, 6) is -2.06. The van der Waals surface area contributed by atoms with Gasteiger partial charge in [-0.15, -0.1) is 0 Å². The first-order chi connectivity index (χ1) is 13.7. The van der Waals surface area contributed by atoms with Gasteiger partial charge < -0.3 is 19.5 Å². The van der Waals surface area contributed by atoms with Crippen LogP contribution in [0.15, 0.2) is 55.5 Å². The molecule has 3 rings (SSSR count). The number of halogens is 1. The fourth-order valence-corrected chi connectivity index (χ4v) is 4.65. The van der Waals surface area contributed by atoms with Gasteiger partial charge in [0.15, 0.2) is 11.8 Å². The molecule has 0 aliphatic carbocycles. The summed E-state index contributed by atoms with van der Waals surface area (Å²) in [6, 6.07) is 3.45. The third-order valence-corrected chi connectivity index (χ3v) is 6.42. The van der Waals surface area contributed by atoms with Crippen molar-refractivity contribution in [1.82, 2.24) is 4.90 Å². The van der Waals surface area contributed by atoms with Crippen molar-refractivity contribution in [2.75, 3.05) is 14.2 Å². The summed E-state index contributed by atoms with van der Waals surface area (Å²) in [4.78, 5) is 40.8. The number of hydrogen-bond acceptors (Lipinski definition) is 8. The van der Waals surface area contributed by atoms with E-state index in [1.807, 2.05) is 6.92 Å². The normalized spacial score (nSPS) is 18.4. The van der Waals surface area contributed by atoms with Crippen LogP contribution >= 0.6 is 27.7 Å². The minimum Gasteiger partial charge on any atom is -0.507 e. The molecule has 29 heavy (non-hydrogen) atoms. The van der Waals surface area contributed by atoms with Crippen molar-refractivity contribution in [3.05, 3.63) is 61.1 Å². The topological polar surface area (TPSA) is 93.1 Å². The first kappa shape index (κ1) is 21.2. The second kappa shape index (κ2) is 8.08. The number of aromatic hydroxyl groups is 1. The Balaban J connectivity index is 2.24. The number of carbonyl (C=O) groups excluding carboxylic acids is 3. The number of esters is 2. The number of allylic oxidation sites excluding steroid dienone is 4. The number of hydrogen-bond donors (Lipinski definition) is 1. The average Bonchev–Trinajstić information content (AvgIpc) is 3.01. The van der Waals surface area contributed by atoms with Gasteiger partial charge in [0.2, 0.25) is 0 Å². The second-order valence-corrected chi connectivity index (χ2v) is 8.46. The molecule has 152 valence electrons. The Labute approximate surface area is 180 Å². The van der Waals surface area contributed by atoms with Crippen LogP contribution in [0.4, 0.5) is 0 Å².